The molecule has 0 spiro atoms. The number of hydrogen-bond acceptors (Lipinski definition) is 5. The van der Waals surface area contributed by atoms with Gasteiger partial charge in [-0.2, -0.15) is 0 Å². The first kappa shape index (κ1) is 21.7. The first-order chi connectivity index (χ1) is 15.6. The molecule has 1 aliphatic heterocycles. The minimum Gasteiger partial charge on any atom is -0.492 e. The molecule has 0 radical (unpaired) electrons. The van der Waals surface area contributed by atoms with Crippen molar-refractivity contribution in [3.05, 3.63) is 89.9 Å². The number of ether oxygens (including phenoxy) is 3. The van der Waals surface area contributed by atoms with Crippen LogP contribution in [0.25, 0.3) is 0 Å². The van der Waals surface area contributed by atoms with Gasteiger partial charge in [0.15, 0.2) is 11.9 Å². The minimum absolute atomic E-state index is 0.325. The summed E-state index contributed by atoms with van der Waals surface area (Å²) < 4.78 is 17.4. The van der Waals surface area contributed by atoms with Crippen LogP contribution in [0.15, 0.2) is 84.3 Å². The molecule has 32 heavy (non-hydrogen) atoms. The molecule has 166 valence electrons. The summed E-state index contributed by atoms with van der Waals surface area (Å²) >= 11 is 0. The van der Waals surface area contributed by atoms with E-state index in [0.29, 0.717) is 26.2 Å². The number of allylic oxidation sites excluding steroid dienone is 4. The van der Waals surface area contributed by atoms with Crippen molar-refractivity contribution in [3.63, 3.8) is 0 Å². The molecule has 6 heteroatoms. The number of rotatable bonds is 9. The SMILES string of the molecule is CCOC(Cc1ccc(OCCN2C3=CC=CC=C(C3)Oc3ccccc32)cc1)C(=O)O. The zero-order chi connectivity index (χ0) is 22.3. The highest BCUT2D eigenvalue weighted by atomic mass is 16.5. The number of nitrogens with zero attached hydrogens (tertiary/aromatic N) is 1. The topological polar surface area (TPSA) is 68.2 Å². The van der Waals surface area contributed by atoms with Gasteiger partial charge in [-0.25, -0.2) is 4.79 Å². The Hall–Kier alpha value is -3.51. The molecule has 6 nitrogen and oxygen atoms in total. The molecule has 4 rings (SSSR count). The van der Waals surface area contributed by atoms with Crippen LogP contribution in [0.2, 0.25) is 0 Å². The summed E-state index contributed by atoms with van der Waals surface area (Å²) in [7, 11) is 0. The summed E-state index contributed by atoms with van der Waals surface area (Å²) in [5.41, 5.74) is 3.07. The summed E-state index contributed by atoms with van der Waals surface area (Å²) in [6, 6.07) is 15.5. The predicted molar refractivity (Wildman–Crippen MR) is 123 cm³/mol. The molecule has 1 N–H and O–H groups in total. The largest absolute Gasteiger partial charge is 0.492 e. The Morgan fingerprint density at radius 3 is 2.69 bits per heavy atom. The van der Waals surface area contributed by atoms with Crippen LogP contribution in [0, 0.1) is 0 Å². The Morgan fingerprint density at radius 1 is 1.12 bits per heavy atom. The molecule has 0 aromatic heterocycles. The van der Waals surface area contributed by atoms with Crippen molar-refractivity contribution in [1.29, 1.82) is 0 Å². The second-order valence-electron chi connectivity index (χ2n) is 7.55. The molecule has 2 bridgehead atoms. The van der Waals surface area contributed by atoms with E-state index in [1.807, 2.05) is 60.7 Å². The average Bonchev–Trinajstić information content (AvgIpc) is 3.11. The average molecular weight is 434 g/mol. The number of hydrogen-bond donors (Lipinski definition) is 1. The number of carboxylic acid groups (broad SMARTS) is 1. The van der Waals surface area contributed by atoms with E-state index in [-0.39, 0.29) is 0 Å². The van der Waals surface area contributed by atoms with Gasteiger partial charge < -0.3 is 24.2 Å². The molecule has 0 saturated carbocycles. The number of aliphatic carboxylic acids is 1. The van der Waals surface area contributed by atoms with Gasteiger partial charge in [0.25, 0.3) is 0 Å². The maximum Gasteiger partial charge on any atom is 0.333 e. The molecule has 0 amide bonds. The molecule has 1 atom stereocenters. The van der Waals surface area contributed by atoms with Crippen LogP contribution in [0.4, 0.5) is 5.69 Å². The van der Waals surface area contributed by atoms with E-state index in [1.165, 1.54) is 0 Å². The summed E-state index contributed by atoms with van der Waals surface area (Å²) in [4.78, 5) is 13.5. The van der Waals surface area contributed by atoms with E-state index in [9.17, 15) is 9.90 Å². The van der Waals surface area contributed by atoms with E-state index >= 15 is 0 Å². The van der Waals surface area contributed by atoms with Crippen molar-refractivity contribution in [2.45, 2.75) is 25.9 Å². The third-order valence-electron chi connectivity index (χ3n) is 5.35. The van der Waals surface area contributed by atoms with Gasteiger partial charge in [-0.1, -0.05) is 36.4 Å². The Balaban J connectivity index is 1.40. The minimum atomic E-state index is -0.949. The van der Waals surface area contributed by atoms with E-state index in [4.69, 9.17) is 14.2 Å². The predicted octanol–water partition coefficient (Wildman–Crippen LogP) is 4.72. The fourth-order valence-electron chi connectivity index (χ4n) is 3.82. The normalized spacial score (nSPS) is 15.5. The Labute approximate surface area is 188 Å². The van der Waals surface area contributed by atoms with Crippen molar-refractivity contribution in [1.82, 2.24) is 0 Å². The van der Waals surface area contributed by atoms with Gasteiger partial charge in [0.05, 0.1) is 12.2 Å². The smallest absolute Gasteiger partial charge is 0.333 e. The first-order valence-electron chi connectivity index (χ1n) is 10.8. The van der Waals surface area contributed by atoms with Gasteiger partial charge in [0, 0.05) is 25.1 Å². The third kappa shape index (κ3) is 5.21. The number of carbonyl (C=O) groups is 1. The molecule has 2 aliphatic rings. The van der Waals surface area contributed by atoms with Gasteiger partial charge in [-0.05, 0) is 48.9 Å². The van der Waals surface area contributed by atoms with Crippen LogP contribution in [0.1, 0.15) is 18.9 Å². The molecule has 1 unspecified atom stereocenters. The van der Waals surface area contributed by atoms with Crippen molar-refractivity contribution < 1.29 is 24.1 Å². The van der Waals surface area contributed by atoms with Crippen LogP contribution in [-0.2, 0) is 16.0 Å². The van der Waals surface area contributed by atoms with Crippen LogP contribution >= 0.6 is 0 Å². The summed E-state index contributed by atoms with van der Waals surface area (Å²) in [6.07, 6.45) is 8.35. The van der Waals surface area contributed by atoms with Crippen LogP contribution in [0.5, 0.6) is 11.5 Å². The van der Waals surface area contributed by atoms with Gasteiger partial charge in [0.2, 0.25) is 0 Å². The lowest BCUT2D eigenvalue weighted by molar-refractivity contribution is -0.149. The lowest BCUT2D eigenvalue weighted by Gasteiger charge is -2.26. The van der Waals surface area contributed by atoms with Crippen molar-refractivity contribution in [2.75, 3.05) is 24.7 Å². The van der Waals surface area contributed by atoms with Crippen LogP contribution < -0.4 is 14.4 Å². The van der Waals surface area contributed by atoms with Crippen LogP contribution in [-0.4, -0.2) is 36.9 Å². The lowest BCUT2D eigenvalue weighted by atomic mass is 10.1. The second kappa shape index (κ2) is 10.2. The lowest BCUT2D eigenvalue weighted by Crippen LogP contribution is -2.27. The quantitative estimate of drug-likeness (QED) is 0.617. The summed E-state index contributed by atoms with van der Waals surface area (Å²) in [6.45, 7) is 3.32. The van der Waals surface area contributed by atoms with Crippen LogP contribution in [0.3, 0.4) is 0 Å². The number of benzene rings is 2. The number of carboxylic acids is 1. The fourth-order valence-corrected chi connectivity index (χ4v) is 3.82. The van der Waals surface area contributed by atoms with Crippen molar-refractivity contribution in [2.24, 2.45) is 0 Å². The third-order valence-corrected chi connectivity index (χ3v) is 5.35. The molecule has 1 heterocycles. The Kier molecular flexibility index (Phi) is 6.92. The maximum atomic E-state index is 11.3. The highest BCUT2D eigenvalue weighted by Crippen LogP contribution is 2.38. The zero-order valence-corrected chi connectivity index (χ0v) is 18.1. The molecule has 2 aromatic rings. The number of anilines is 1. The maximum absolute atomic E-state index is 11.3. The van der Waals surface area contributed by atoms with Gasteiger partial charge in [-0.15, -0.1) is 0 Å². The molecular formula is C26H27NO5. The van der Waals surface area contributed by atoms with Crippen molar-refractivity contribution in [3.8, 4) is 11.5 Å². The van der Waals surface area contributed by atoms with Gasteiger partial charge in [0.1, 0.15) is 18.1 Å². The molecule has 0 fully saturated rings. The fraction of sp³-hybridized carbons (Fsp3) is 0.269. The molecule has 0 saturated heterocycles. The number of fused-ring (bicyclic) bond motifs is 3. The van der Waals surface area contributed by atoms with E-state index in [1.54, 1.807) is 6.92 Å². The standard InChI is InChI=1S/C26H27NO5/c1-2-30-25(26(28)29)17-19-11-13-21(14-12-19)31-16-15-27-20-7-3-4-8-22(18-20)32-24-10-6-5-9-23(24)27/h3-14,25H,2,15-18H2,1H3,(H,28,29). The van der Waals surface area contributed by atoms with E-state index < -0.39 is 12.1 Å². The zero-order valence-electron chi connectivity index (χ0n) is 18.1. The highest BCUT2D eigenvalue weighted by Gasteiger charge is 2.23. The molecule has 1 aliphatic carbocycles. The van der Waals surface area contributed by atoms with E-state index in [2.05, 4.69) is 17.0 Å². The van der Waals surface area contributed by atoms with E-state index in [0.717, 1.165) is 40.6 Å². The first-order valence-corrected chi connectivity index (χ1v) is 10.8. The summed E-state index contributed by atoms with van der Waals surface area (Å²) in [5.74, 6) is 1.55. The monoisotopic (exact) mass is 433 g/mol. The highest BCUT2D eigenvalue weighted by molar-refractivity contribution is 5.72. The Morgan fingerprint density at radius 2 is 1.91 bits per heavy atom. The van der Waals surface area contributed by atoms with Gasteiger partial charge >= 0.3 is 5.97 Å². The Bertz CT molecular complexity index is 1040. The second-order valence-corrected chi connectivity index (χ2v) is 7.55. The molecular weight excluding hydrogens is 406 g/mol. The molecule has 2 aromatic carbocycles. The summed E-state index contributed by atoms with van der Waals surface area (Å²) in [5, 5.41) is 9.25. The van der Waals surface area contributed by atoms with Gasteiger partial charge in [-0.3, -0.25) is 0 Å². The van der Waals surface area contributed by atoms with Crippen molar-refractivity contribution >= 4 is 11.7 Å². The number of para-hydroxylation sites is 2.